The lowest BCUT2D eigenvalue weighted by Gasteiger charge is -2.17. The van der Waals surface area contributed by atoms with Gasteiger partial charge in [-0.25, -0.2) is 9.97 Å². The molecule has 1 amide bonds. The van der Waals surface area contributed by atoms with E-state index in [2.05, 4.69) is 20.0 Å². The zero-order valence-corrected chi connectivity index (χ0v) is 13.2. The van der Waals surface area contributed by atoms with E-state index in [1.54, 1.807) is 12.4 Å². The summed E-state index contributed by atoms with van der Waals surface area (Å²) in [6.07, 6.45) is 8.22. The molecule has 4 heterocycles. The average Bonchev–Trinajstić information content (AvgIpc) is 3.26. The Bertz CT molecular complexity index is 727. The van der Waals surface area contributed by atoms with Crippen LogP contribution in [0.1, 0.15) is 31.1 Å². The number of rotatable bonds is 3. The summed E-state index contributed by atoms with van der Waals surface area (Å²) in [5.41, 5.74) is 0.920. The molecule has 0 spiro atoms. The van der Waals surface area contributed by atoms with E-state index in [1.807, 2.05) is 28.8 Å². The Morgan fingerprint density at radius 2 is 2.22 bits per heavy atom. The summed E-state index contributed by atoms with van der Waals surface area (Å²) in [6.45, 7) is 4.55. The molecular weight excluding hydrogens is 292 g/mol. The predicted octanol–water partition coefficient (Wildman–Crippen LogP) is 1.56. The minimum atomic E-state index is 0.203. The summed E-state index contributed by atoms with van der Waals surface area (Å²) < 4.78 is 2.00. The fourth-order valence-corrected chi connectivity index (χ4v) is 3.37. The second-order valence-corrected chi connectivity index (χ2v) is 6.18. The van der Waals surface area contributed by atoms with E-state index in [0.29, 0.717) is 12.5 Å². The third-order valence-electron chi connectivity index (χ3n) is 4.60. The molecule has 1 atom stereocenters. The molecule has 0 radical (unpaired) electrons. The standard InChI is InChI=1S/C16H20N6O/c1-12-17-6-4-15(19-12)20-8-5-13(10-20)22-11-14(9-18-22)21-7-2-3-16(21)23/h4,6,9,11,13H,2-3,5,7-8,10H2,1H3. The van der Waals surface area contributed by atoms with Crippen molar-refractivity contribution >= 4 is 17.4 Å². The van der Waals surface area contributed by atoms with Crippen molar-refractivity contribution in [2.24, 2.45) is 0 Å². The molecule has 0 aromatic carbocycles. The van der Waals surface area contributed by atoms with Crippen LogP contribution < -0.4 is 9.80 Å². The Balaban J connectivity index is 1.48. The summed E-state index contributed by atoms with van der Waals surface area (Å²) in [5, 5.41) is 4.49. The zero-order chi connectivity index (χ0) is 15.8. The molecule has 0 bridgehead atoms. The molecule has 23 heavy (non-hydrogen) atoms. The van der Waals surface area contributed by atoms with E-state index < -0.39 is 0 Å². The maximum atomic E-state index is 11.8. The summed E-state index contributed by atoms with van der Waals surface area (Å²) in [4.78, 5) is 24.6. The van der Waals surface area contributed by atoms with Crippen LogP contribution in [0.5, 0.6) is 0 Å². The minimum absolute atomic E-state index is 0.203. The Morgan fingerprint density at radius 3 is 3.00 bits per heavy atom. The highest BCUT2D eigenvalue weighted by Crippen LogP contribution is 2.27. The van der Waals surface area contributed by atoms with Crippen LogP contribution in [-0.4, -0.2) is 45.3 Å². The Labute approximate surface area is 134 Å². The van der Waals surface area contributed by atoms with Crippen molar-refractivity contribution in [3.8, 4) is 0 Å². The van der Waals surface area contributed by atoms with Crippen LogP contribution in [0.4, 0.5) is 11.5 Å². The number of aryl methyl sites for hydroxylation is 1. The number of hydrogen-bond acceptors (Lipinski definition) is 5. The third-order valence-corrected chi connectivity index (χ3v) is 4.60. The van der Waals surface area contributed by atoms with E-state index in [1.165, 1.54) is 0 Å². The van der Waals surface area contributed by atoms with Gasteiger partial charge < -0.3 is 9.80 Å². The van der Waals surface area contributed by atoms with Crippen molar-refractivity contribution < 1.29 is 4.79 Å². The molecular formula is C16H20N6O. The fraction of sp³-hybridized carbons (Fsp3) is 0.500. The lowest BCUT2D eigenvalue weighted by atomic mass is 10.3. The number of amides is 1. The van der Waals surface area contributed by atoms with Gasteiger partial charge in [0.1, 0.15) is 11.6 Å². The molecule has 2 aliphatic rings. The first-order valence-corrected chi connectivity index (χ1v) is 8.10. The normalized spacial score (nSPS) is 21.4. The Morgan fingerprint density at radius 1 is 1.30 bits per heavy atom. The van der Waals surface area contributed by atoms with E-state index >= 15 is 0 Å². The highest BCUT2D eigenvalue weighted by Gasteiger charge is 2.27. The van der Waals surface area contributed by atoms with Crippen molar-refractivity contribution in [1.29, 1.82) is 0 Å². The van der Waals surface area contributed by atoms with Crippen molar-refractivity contribution in [3.63, 3.8) is 0 Å². The largest absolute Gasteiger partial charge is 0.354 e. The van der Waals surface area contributed by atoms with Crippen LogP contribution in [0.3, 0.4) is 0 Å². The summed E-state index contributed by atoms with van der Waals surface area (Å²) in [5.74, 6) is 1.97. The Hall–Kier alpha value is -2.44. The maximum Gasteiger partial charge on any atom is 0.227 e. The van der Waals surface area contributed by atoms with E-state index in [-0.39, 0.29) is 5.91 Å². The van der Waals surface area contributed by atoms with Crippen LogP contribution in [-0.2, 0) is 4.79 Å². The van der Waals surface area contributed by atoms with Gasteiger partial charge in [-0.1, -0.05) is 0 Å². The van der Waals surface area contributed by atoms with E-state index in [4.69, 9.17) is 0 Å². The van der Waals surface area contributed by atoms with Gasteiger partial charge in [-0.3, -0.25) is 9.48 Å². The van der Waals surface area contributed by atoms with Crippen LogP contribution in [0.25, 0.3) is 0 Å². The van der Waals surface area contributed by atoms with Crippen molar-refractivity contribution in [1.82, 2.24) is 19.7 Å². The fourth-order valence-electron chi connectivity index (χ4n) is 3.37. The topological polar surface area (TPSA) is 67.2 Å². The maximum absolute atomic E-state index is 11.8. The minimum Gasteiger partial charge on any atom is -0.354 e. The molecule has 120 valence electrons. The SMILES string of the molecule is Cc1nccc(N2CCC(n3cc(N4CCCC4=O)cn3)C2)n1. The first kappa shape index (κ1) is 14.2. The van der Waals surface area contributed by atoms with Crippen LogP contribution >= 0.6 is 0 Å². The molecule has 4 rings (SSSR count). The zero-order valence-electron chi connectivity index (χ0n) is 13.2. The second-order valence-electron chi connectivity index (χ2n) is 6.18. The lowest BCUT2D eigenvalue weighted by molar-refractivity contribution is -0.117. The van der Waals surface area contributed by atoms with Gasteiger partial charge in [-0.2, -0.15) is 5.10 Å². The van der Waals surface area contributed by atoms with Gasteiger partial charge in [0.15, 0.2) is 0 Å². The number of anilines is 2. The smallest absolute Gasteiger partial charge is 0.227 e. The molecule has 2 fully saturated rings. The Kier molecular flexibility index (Phi) is 3.48. The monoisotopic (exact) mass is 312 g/mol. The van der Waals surface area contributed by atoms with Gasteiger partial charge in [0, 0.05) is 38.4 Å². The van der Waals surface area contributed by atoms with Crippen molar-refractivity contribution in [3.05, 3.63) is 30.5 Å². The number of carbonyl (C=O) groups is 1. The van der Waals surface area contributed by atoms with Crippen molar-refractivity contribution in [2.75, 3.05) is 29.4 Å². The molecule has 0 saturated carbocycles. The van der Waals surface area contributed by atoms with Gasteiger partial charge in [0.05, 0.1) is 17.9 Å². The molecule has 7 heteroatoms. The number of carbonyl (C=O) groups excluding carboxylic acids is 1. The average molecular weight is 312 g/mol. The van der Waals surface area contributed by atoms with E-state index in [0.717, 1.165) is 49.8 Å². The quantitative estimate of drug-likeness (QED) is 0.860. The number of hydrogen-bond donors (Lipinski definition) is 0. The first-order valence-electron chi connectivity index (χ1n) is 8.10. The molecule has 0 N–H and O–H groups in total. The molecule has 2 saturated heterocycles. The summed E-state index contributed by atoms with van der Waals surface area (Å²) >= 11 is 0. The number of nitrogens with zero attached hydrogens (tertiary/aromatic N) is 6. The molecule has 1 unspecified atom stereocenters. The first-order chi connectivity index (χ1) is 11.2. The molecule has 7 nitrogen and oxygen atoms in total. The van der Waals surface area contributed by atoms with Crippen LogP contribution in [0.15, 0.2) is 24.7 Å². The van der Waals surface area contributed by atoms with Gasteiger partial charge in [-0.05, 0) is 25.8 Å². The third kappa shape index (κ3) is 2.67. The van der Waals surface area contributed by atoms with Crippen LogP contribution in [0, 0.1) is 6.92 Å². The molecule has 2 aliphatic heterocycles. The second kappa shape index (κ2) is 5.64. The van der Waals surface area contributed by atoms with Crippen LogP contribution in [0.2, 0.25) is 0 Å². The molecule has 2 aromatic heterocycles. The van der Waals surface area contributed by atoms with Gasteiger partial charge >= 0.3 is 0 Å². The summed E-state index contributed by atoms with van der Waals surface area (Å²) in [6, 6.07) is 2.27. The highest BCUT2D eigenvalue weighted by atomic mass is 16.2. The lowest BCUT2D eigenvalue weighted by Crippen LogP contribution is -2.23. The van der Waals surface area contributed by atoms with E-state index in [9.17, 15) is 4.79 Å². The van der Waals surface area contributed by atoms with Gasteiger partial charge in [0.2, 0.25) is 5.91 Å². The van der Waals surface area contributed by atoms with Gasteiger partial charge in [-0.15, -0.1) is 0 Å². The van der Waals surface area contributed by atoms with Crippen molar-refractivity contribution in [2.45, 2.75) is 32.2 Å². The summed E-state index contributed by atoms with van der Waals surface area (Å²) in [7, 11) is 0. The van der Waals surface area contributed by atoms with Gasteiger partial charge in [0.25, 0.3) is 0 Å². The molecule has 2 aromatic rings. The highest BCUT2D eigenvalue weighted by molar-refractivity contribution is 5.95. The number of aromatic nitrogens is 4. The predicted molar refractivity (Wildman–Crippen MR) is 86.5 cm³/mol. The molecule has 0 aliphatic carbocycles.